The summed E-state index contributed by atoms with van der Waals surface area (Å²) in [4.78, 5) is 2.46. The fourth-order valence-corrected chi connectivity index (χ4v) is 2.95. The number of fused-ring (bicyclic) bond motifs is 2. The van der Waals surface area contributed by atoms with Crippen LogP contribution in [0.5, 0.6) is 0 Å². The molecule has 1 heterocycles. The van der Waals surface area contributed by atoms with E-state index in [2.05, 4.69) is 49.2 Å². The molecule has 3 rings (SSSR count). The van der Waals surface area contributed by atoms with Gasteiger partial charge in [-0.25, -0.2) is 0 Å². The fourth-order valence-electron chi connectivity index (χ4n) is 2.95. The highest BCUT2D eigenvalue weighted by atomic mass is 15.2. The molecule has 1 aliphatic heterocycles. The number of rotatable bonds is 1. The van der Waals surface area contributed by atoms with Crippen molar-refractivity contribution >= 4 is 5.57 Å². The molecular weight excluding hydrogens is 182 g/mol. The average Bonchev–Trinajstić information content (AvgIpc) is 2.76. The van der Waals surface area contributed by atoms with Crippen LogP contribution in [-0.4, -0.2) is 24.5 Å². The zero-order valence-electron chi connectivity index (χ0n) is 9.40. The molecule has 1 heteroatoms. The molecule has 2 unspecified atom stereocenters. The molecule has 1 nitrogen and oxygen atoms in total. The van der Waals surface area contributed by atoms with Crippen LogP contribution in [-0.2, 0) is 0 Å². The Bertz CT molecular complexity index is 419. The molecule has 2 aliphatic rings. The maximum atomic E-state index is 2.46. The molecule has 1 fully saturated rings. The summed E-state index contributed by atoms with van der Waals surface area (Å²) < 4.78 is 0. The second-order valence-corrected chi connectivity index (χ2v) is 4.93. The molecule has 78 valence electrons. The summed E-state index contributed by atoms with van der Waals surface area (Å²) in [7, 11) is 2.23. The van der Waals surface area contributed by atoms with Gasteiger partial charge < -0.3 is 0 Å². The van der Waals surface area contributed by atoms with Gasteiger partial charge >= 0.3 is 0 Å². The highest BCUT2D eigenvalue weighted by molar-refractivity contribution is 5.72. The molecule has 0 spiro atoms. The van der Waals surface area contributed by atoms with Crippen LogP contribution in [0.1, 0.15) is 17.5 Å². The standard InChI is InChI=1S/C14H17N/c1-10-4-3-5-11(6-10)14-8-13-7-12(14)9-15(13)2/h3-6,8,12-13H,7,9H2,1-2H3. The number of likely N-dealkylation sites (N-methyl/N-ethyl adjacent to an activating group) is 1. The van der Waals surface area contributed by atoms with E-state index in [9.17, 15) is 0 Å². The van der Waals surface area contributed by atoms with Gasteiger partial charge in [-0.1, -0.05) is 35.9 Å². The Hall–Kier alpha value is -1.08. The molecular formula is C14H17N. The van der Waals surface area contributed by atoms with Gasteiger partial charge in [-0.3, -0.25) is 4.90 Å². The highest BCUT2D eigenvalue weighted by Crippen LogP contribution is 2.41. The van der Waals surface area contributed by atoms with Gasteiger partial charge in [0.05, 0.1) is 0 Å². The van der Waals surface area contributed by atoms with Crippen molar-refractivity contribution in [2.75, 3.05) is 13.6 Å². The van der Waals surface area contributed by atoms with Gasteiger partial charge in [0, 0.05) is 12.6 Å². The van der Waals surface area contributed by atoms with Gasteiger partial charge in [0.25, 0.3) is 0 Å². The van der Waals surface area contributed by atoms with Crippen molar-refractivity contribution < 1.29 is 0 Å². The normalized spacial score (nSPS) is 29.6. The SMILES string of the molecule is Cc1cccc(C2=CC3CC2CN3C)c1. The first-order valence-electron chi connectivity index (χ1n) is 5.73. The predicted molar refractivity (Wildman–Crippen MR) is 63.7 cm³/mol. The van der Waals surface area contributed by atoms with Gasteiger partial charge in [0.2, 0.25) is 0 Å². The molecule has 2 bridgehead atoms. The van der Waals surface area contributed by atoms with Crippen molar-refractivity contribution in [3.8, 4) is 0 Å². The van der Waals surface area contributed by atoms with Crippen molar-refractivity contribution in [2.45, 2.75) is 19.4 Å². The fraction of sp³-hybridized carbons (Fsp3) is 0.429. The lowest BCUT2D eigenvalue weighted by Crippen LogP contribution is -2.25. The topological polar surface area (TPSA) is 3.24 Å². The first kappa shape index (κ1) is 9.17. The van der Waals surface area contributed by atoms with E-state index in [0.29, 0.717) is 6.04 Å². The van der Waals surface area contributed by atoms with Crippen molar-refractivity contribution in [3.05, 3.63) is 41.5 Å². The van der Waals surface area contributed by atoms with Crippen LogP contribution in [0.3, 0.4) is 0 Å². The lowest BCUT2D eigenvalue weighted by molar-refractivity contribution is 0.347. The van der Waals surface area contributed by atoms with Crippen molar-refractivity contribution in [1.82, 2.24) is 4.90 Å². The van der Waals surface area contributed by atoms with Gasteiger partial charge in [0.1, 0.15) is 0 Å². The summed E-state index contributed by atoms with van der Waals surface area (Å²) >= 11 is 0. The van der Waals surface area contributed by atoms with E-state index >= 15 is 0 Å². The number of hydrogen-bond donors (Lipinski definition) is 0. The van der Waals surface area contributed by atoms with Gasteiger partial charge in [-0.15, -0.1) is 0 Å². The predicted octanol–water partition coefficient (Wildman–Crippen LogP) is 2.71. The second kappa shape index (κ2) is 3.21. The third-order valence-corrected chi connectivity index (χ3v) is 3.76. The second-order valence-electron chi connectivity index (χ2n) is 4.93. The van der Waals surface area contributed by atoms with Crippen LogP contribution in [0.15, 0.2) is 30.3 Å². The van der Waals surface area contributed by atoms with Gasteiger partial charge in [-0.2, -0.15) is 0 Å². The quantitative estimate of drug-likeness (QED) is 0.672. The molecule has 2 atom stereocenters. The van der Waals surface area contributed by atoms with Crippen LogP contribution in [0.25, 0.3) is 5.57 Å². The van der Waals surface area contributed by atoms with E-state index in [0.717, 1.165) is 5.92 Å². The lowest BCUT2D eigenvalue weighted by Gasteiger charge is -2.21. The Morgan fingerprint density at radius 3 is 2.80 bits per heavy atom. The Balaban J connectivity index is 1.97. The third kappa shape index (κ3) is 1.42. The largest absolute Gasteiger partial charge is 0.299 e. The molecule has 1 aliphatic carbocycles. The molecule has 1 aromatic carbocycles. The van der Waals surface area contributed by atoms with E-state index in [1.165, 1.54) is 24.1 Å². The van der Waals surface area contributed by atoms with Gasteiger partial charge in [-0.05, 0) is 37.4 Å². The highest BCUT2D eigenvalue weighted by Gasteiger charge is 2.36. The molecule has 1 aromatic rings. The minimum atomic E-state index is 0.700. The van der Waals surface area contributed by atoms with E-state index in [1.54, 1.807) is 5.57 Å². The number of likely N-dealkylation sites (tertiary alicyclic amines) is 1. The van der Waals surface area contributed by atoms with Crippen molar-refractivity contribution in [3.63, 3.8) is 0 Å². The number of hydrogen-bond acceptors (Lipinski definition) is 1. The van der Waals surface area contributed by atoms with Crippen LogP contribution in [0.4, 0.5) is 0 Å². The van der Waals surface area contributed by atoms with E-state index in [1.807, 2.05) is 0 Å². The van der Waals surface area contributed by atoms with Crippen molar-refractivity contribution in [1.29, 1.82) is 0 Å². The zero-order chi connectivity index (χ0) is 10.4. The minimum Gasteiger partial charge on any atom is -0.299 e. The summed E-state index contributed by atoms with van der Waals surface area (Å²) in [5.41, 5.74) is 4.39. The molecule has 15 heavy (non-hydrogen) atoms. The van der Waals surface area contributed by atoms with E-state index < -0.39 is 0 Å². The first-order valence-corrected chi connectivity index (χ1v) is 5.73. The van der Waals surface area contributed by atoms with Gasteiger partial charge in [0.15, 0.2) is 0 Å². The van der Waals surface area contributed by atoms with Crippen LogP contribution < -0.4 is 0 Å². The monoisotopic (exact) mass is 199 g/mol. The average molecular weight is 199 g/mol. The Morgan fingerprint density at radius 2 is 2.20 bits per heavy atom. The maximum absolute atomic E-state index is 2.46. The first-order chi connectivity index (χ1) is 7.24. The Morgan fingerprint density at radius 1 is 1.33 bits per heavy atom. The summed E-state index contributed by atoms with van der Waals surface area (Å²) in [5.74, 6) is 0.779. The smallest absolute Gasteiger partial charge is 0.0287 e. The van der Waals surface area contributed by atoms with Crippen LogP contribution >= 0.6 is 0 Å². The number of benzene rings is 1. The molecule has 0 N–H and O–H groups in total. The summed E-state index contributed by atoms with van der Waals surface area (Å²) in [6.07, 6.45) is 3.79. The molecule has 1 saturated heterocycles. The maximum Gasteiger partial charge on any atom is 0.0287 e. The summed E-state index contributed by atoms with van der Waals surface area (Å²) in [6.45, 7) is 3.41. The molecule has 0 radical (unpaired) electrons. The van der Waals surface area contributed by atoms with Crippen LogP contribution in [0, 0.1) is 12.8 Å². The molecule has 0 saturated carbocycles. The van der Waals surface area contributed by atoms with Crippen molar-refractivity contribution in [2.24, 2.45) is 5.92 Å². The number of nitrogens with zero attached hydrogens (tertiary/aromatic N) is 1. The molecule has 0 aromatic heterocycles. The third-order valence-electron chi connectivity index (χ3n) is 3.76. The zero-order valence-corrected chi connectivity index (χ0v) is 9.40. The lowest BCUT2D eigenvalue weighted by atomic mass is 9.94. The Labute approximate surface area is 91.4 Å². The number of aryl methyl sites for hydroxylation is 1. The summed E-state index contributed by atoms with van der Waals surface area (Å²) in [6, 6.07) is 9.60. The Kier molecular flexibility index (Phi) is 1.96. The molecule has 0 amide bonds. The minimum absolute atomic E-state index is 0.700. The van der Waals surface area contributed by atoms with E-state index in [-0.39, 0.29) is 0 Å². The summed E-state index contributed by atoms with van der Waals surface area (Å²) in [5, 5.41) is 0. The van der Waals surface area contributed by atoms with Crippen LogP contribution in [0.2, 0.25) is 0 Å². The van der Waals surface area contributed by atoms with E-state index in [4.69, 9.17) is 0 Å².